The molecule has 1 aliphatic rings. The zero-order valence-corrected chi connectivity index (χ0v) is 13.7. The van der Waals surface area contributed by atoms with Crippen molar-refractivity contribution in [3.63, 3.8) is 0 Å². The van der Waals surface area contributed by atoms with Gasteiger partial charge >= 0.3 is 0 Å². The van der Waals surface area contributed by atoms with E-state index in [1.165, 1.54) is 0 Å². The van der Waals surface area contributed by atoms with Crippen molar-refractivity contribution >= 4 is 11.6 Å². The van der Waals surface area contributed by atoms with Gasteiger partial charge in [0.25, 0.3) is 5.91 Å². The van der Waals surface area contributed by atoms with Gasteiger partial charge in [-0.2, -0.15) is 0 Å². The summed E-state index contributed by atoms with van der Waals surface area (Å²) in [4.78, 5) is 17.6. The summed E-state index contributed by atoms with van der Waals surface area (Å²) in [5.41, 5.74) is 2.69. The van der Waals surface area contributed by atoms with Gasteiger partial charge in [0.05, 0.1) is 0 Å². The average Bonchev–Trinajstić information content (AvgIpc) is 3.01. The van der Waals surface area contributed by atoms with E-state index in [1.54, 1.807) is 0 Å². The Bertz CT molecular complexity index is 863. The van der Waals surface area contributed by atoms with E-state index in [4.69, 9.17) is 4.99 Å². The molecule has 1 amide bonds. The summed E-state index contributed by atoms with van der Waals surface area (Å²) < 4.78 is 0. The van der Waals surface area contributed by atoms with Gasteiger partial charge in [-0.05, 0) is 5.56 Å². The Labute approximate surface area is 147 Å². The van der Waals surface area contributed by atoms with E-state index in [-0.39, 0.29) is 5.91 Å². The fourth-order valence-corrected chi connectivity index (χ4v) is 3.23. The lowest BCUT2D eigenvalue weighted by molar-refractivity contribution is -0.115. The number of carbonyl (C=O) groups is 1. The van der Waals surface area contributed by atoms with E-state index in [2.05, 4.69) is 5.32 Å². The van der Waals surface area contributed by atoms with Crippen LogP contribution in [0.5, 0.6) is 0 Å². The number of rotatable bonds is 4. The molecule has 1 N–H and O–H groups in total. The summed E-state index contributed by atoms with van der Waals surface area (Å²) in [6.07, 6.45) is 0.522. The number of aliphatic imine (C=N–C) groups is 1. The molecule has 0 unspecified atom stereocenters. The standard InChI is InChI=1S/C22H18N2O/c25-21-20(16-17-10-4-1-5-11-17)23-22(24-21,18-12-6-2-7-13-18)19-14-8-3-9-15-19/h1-15H,16H2,(H,24,25). The summed E-state index contributed by atoms with van der Waals surface area (Å²) in [6, 6.07) is 29.8. The number of nitrogens with zero attached hydrogens (tertiary/aromatic N) is 1. The molecule has 3 heteroatoms. The highest BCUT2D eigenvalue weighted by molar-refractivity contribution is 6.41. The van der Waals surface area contributed by atoms with E-state index >= 15 is 0 Å². The summed E-state index contributed by atoms with van der Waals surface area (Å²) in [5.74, 6) is -0.114. The molecule has 0 saturated carbocycles. The van der Waals surface area contributed by atoms with Crippen LogP contribution in [0, 0.1) is 0 Å². The predicted molar refractivity (Wildman–Crippen MR) is 99.4 cm³/mol. The monoisotopic (exact) mass is 326 g/mol. The molecule has 1 aliphatic heterocycles. The molecule has 0 bridgehead atoms. The molecular formula is C22H18N2O. The molecule has 0 fully saturated rings. The van der Waals surface area contributed by atoms with Crippen molar-refractivity contribution in [2.75, 3.05) is 0 Å². The lowest BCUT2D eigenvalue weighted by Crippen LogP contribution is -2.41. The van der Waals surface area contributed by atoms with Crippen LogP contribution in [0.1, 0.15) is 16.7 Å². The Morgan fingerprint density at radius 1 is 0.720 bits per heavy atom. The molecule has 0 radical (unpaired) electrons. The van der Waals surface area contributed by atoms with Crippen molar-refractivity contribution in [3.8, 4) is 0 Å². The Hall–Kier alpha value is -3.20. The van der Waals surface area contributed by atoms with E-state index in [0.717, 1.165) is 16.7 Å². The summed E-state index contributed by atoms with van der Waals surface area (Å²) >= 11 is 0. The van der Waals surface area contributed by atoms with Crippen molar-refractivity contribution in [2.45, 2.75) is 12.1 Å². The average molecular weight is 326 g/mol. The molecule has 0 saturated heterocycles. The lowest BCUT2D eigenvalue weighted by atomic mass is 9.92. The van der Waals surface area contributed by atoms with Crippen molar-refractivity contribution < 1.29 is 4.79 Å². The number of hydrogen-bond acceptors (Lipinski definition) is 2. The van der Waals surface area contributed by atoms with Crippen LogP contribution in [-0.4, -0.2) is 11.6 Å². The summed E-state index contributed by atoms with van der Waals surface area (Å²) in [7, 11) is 0. The van der Waals surface area contributed by atoms with E-state index in [9.17, 15) is 4.79 Å². The molecule has 122 valence electrons. The predicted octanol–water partition coefficient (Wildman–Crippen LogP) is 3.70. The van der Waals surface area contributed by atoms with Gasteiger partial charge in [-0.3, -0.25) is 4.79 Å². The smallest absolute Gasteiger partial charge is 0.268 e. The maximum absolute atomic E-state index is 12.7. The normalized spacial score (nSPS) is 15.5. The number of amides is 1. The van der Waals surface area contributed by atoms with Crippen LogP contribution >= 0.6 is 0 Å². The second-order valence-corrected chi connectivity index (χ2v) is 6.12. The quantitative estimate of drug-likeness (QED) is 0.780. The first-order chi connectivity index (χ1) is 12.3. The van der Waals surface area contributed by atoms with Gasteiger partial charge in [0.2, 0.25) is 0 Å². The zero-order chi connectivity index (χ0) is 17.1. The van der Waals surface area contributed by atoms with Gasteiger partial charge in [-0.1, -0.05) is 91.0 Å². The molecule has 3 aromatic rings. The topological polar surface area (TPSA) is 41.5 Å². The fourth-order valence-electron chi connectivity index (χ4n) is 3.23. The first kappa shape index (κ1) is 15.3. The highest BCUT2D eigenvalue weighted by atomic mass is 16.2. The number of hydrogen-bond donors (Lipinski definition) is 1. The van der Waals surface area contributed by atoms with Crippen molar-refractivity contribution in [3.05, 3.63) is 108 Å². The SMILES string of the molecule is O=C1NC(c2ccccc2)(c2ccccc2)N=C1Cc1ccccc1. The number of carbonyl (C=O) groups excluding carboxylic acids is 1. The van der Waals surface area contributed by atoms with E-state index in [0.29, 0.717) is 12.1 Å². The molecule has 0 spiro atoms. The van der Waals surface area contributed by atoms with Crippen LogP contribution in [0.25, 0.3) is 0 Å². The molecular weight excluding hydrogens is 308 g/mol. The van der Waals surface area contributed by atoms with Crippen LogP contribution in [-0.2, 0) is 16.9 Å². The minimum Gasteiger partial charge on any atom is -0.319 e. The largest absolute Gasteiger partial charge is 0.319 e. The Kier molecular flexibility index (Phi) is 3.90. The van der Waals surface area contributed by atoms with Gasteiger partial charge < -0.3 is 5.32 Å². The second-order valence-electron chi connectivity index (χ2n) is 6.12. The Balaban J connectivity index is 1.81. The molecule has 4 rings (SSSR count). The summed E-state index contributed by atoms with van der Waals surface area (Å²) in [6.45, 7) is 0. The minimum absolute atomic E-state index is 0.114. The first-order valence-corrected chi connectivity index (χ1v) is 8.34. The molecule has 0 aromatic heterocycles. The first-order valence-electron chi connectivity index (χ1n) is 8.34. The third-order valence-corrected chi connectivity index (χ3v) is 4.46. The van der Waals surface area contributed by atoms with Gasteiger partial charge in [0.1, 0.15) is 5.71 Å². The van der Waals surface area contributed by atoms with Crippen LogP contribution in [0.2, 0.25) is 0 Å². The maximum atomic E-state index is 12.7. The highest BCUT2D eigenvalue weighted by Gasteiger charge is 2.42. The van der Waals surface area contributed by atoms with Gasteiger partial charge in [-0.25, -0.2) is 4.99 Å². The molecule has 3 aromatic carbocycles. The van der Waals surface area contributed by atoms with Gasteiger partial charge in [0, 0.05) is 17.5 Å². The van der Waals surface area contributed by atoms with Crippen molar-refractivity contribution in [1.29, 1.82) is 0 Å². The second kappa shape index (κ2) is 6.36. The van der Waals surface area contributed by atoms with E-state index in [1.807, 2.05) is 91.0 Å². The van der Waals surface area contributed by atoms with Crippen LogP contribution in [0.3, 0.4) is 0 Å². The van der Waals surface area contributed by atoms with Crippen molar-refractivity contribution in [2.24, 2.45) is 4.99 Å². The minimum atomic E-state index is -0.857. The summed E-state index contributed by atoms with van der Waals surface area (Å²) in [5, 5.41) is 3.13. The molecule has 1 heterocycles. The van der Waals surface area contributed by atoms with Gasteiger partial charge in [0.15, 0.2) is 5.66 Å². The number of nitrogens with one attached hydrogen (secondary N) is 1. The van der Waals surface area contributed by atoms with Crippen LogP contribution < -0.4 is 5.32 Å². The Morgan fingerprint density at radius 2 is 1.20 bits per heavy atom. The molecule has 0 atom stereocenters. The third-order valence-electron chi connectivity index (χ3n) is 4.46. The van der Waals surface area contributed by atoms with Crippen LogP contribution in [0.15, 0.2) is 96.0 Å². The zero-order valence-electron chi connectivity index (χ0n) is 13.7. The van der Waals surface area contributed by atoms with Gasteiger partial charge in [-0.15, -0.1) is 0 Å². The Morgan fingerprint density at radius 3 is 1.72 bits per heavy atom. The highest BCUT2D eigenvalue weighted by Crippen LogP contribution is 2.34. The maximum Gasteiger partial charge on any atom is 0.268 e. The molecule has 0 aliphatic carbocycles. The van der Waals surface area contributed by atoms with Crippen molar-refractivity contribution in [1.82, 2.24) is 5.32 Å². The molecule has 25 heavy (non-hydrogen) atoms. The van der Waals surface area contributed by atoms with E-state index < -0.39 is 5.66 Å². The fraction of sp³-hybridized carbons (Fsp3) is 0.0909. The third kappa shape index (κ3) is 2.85. The lowest BCUT2D eigenvalue weighted by Gasteiger charge is -2.27. The number of benzene rings is 3. The molecule has 3 nitrogen and oxygen atoms in total. The van der Waals surface area contributed by atoms with Crippen LogP contribution in [0.4, 0.5) is 0 Å².